The van der Waals surface area contributed by atoms with E-state index in [1.54, 1.807) is 11.8 Å². The van der Waals surface area contributed by atoms with E-state index in [-0.39, 0.29) is 0 Å². The van der Waals surface area contributed by atoms with Gasteiger partial charge < -0.3 is 0 Å². The van der Waals surface area contributed by atoms with Crippen molar-refractivity contribution in [3.8, 4) is 0 Å². The molecule has 0 aromatic heterocycles. The van der Waals surface area contributed by atoms with E-state index >= 15 is 0 Å². The van der Waals surface area contributed by atoms with Gasteiger partial charge in [0.25, 0.3) is 0 Å². The quantitative estimate of drug-likeness (QED) is 0.455. The Kier molecular flexibility index (Phi) is 4.33. The molecular formula is C12H16Br3NSTe. The molecule has 0 spiro atoms. The number of benzene rings is 1. The van der Waals surface area contributed by atoms with Crippen LogP contribution < -0.4 is 8.51 Å². The van der Waals surface area contributed by atoms with Crippen molar-refractivity contribution < 1.29 is 0 Å². The SMILES string of the molecule is CSC1=C[TeH](Br)(Br)(Br)c2cc(C)c(C)cc2N1C. The molecule has 0 saturated carbocycles. The number of anilines is 1. The van der Waals surface area contributed by atoms with Crippen LogP contribution >= 0.6 is 50.0 Å². The number of nitrogens with zero attached hydrogens (tertiary/aromatic N) is 1. The number of thioether (sulfide) groups is 1. The Bertz CT molecular complexity index is 548. The van der Waals surface area contributed by atoms with E-state index in [1.807, 2.05) is 0 Å². The third-order valence-corrected chi connectivity index (χ3v) is 21.6. The van der Waals surface area contributed by atoms with Gasteiger partial charge in [0.15, 0.2) is 0 Å². The monoisotopic (exact) mass is 573 g/mol. The summed E-state index contributed by atoms with van der Waals surface area (Å²) >= 11 is 13.7. The van der Waals surface area contributed by atoms with E-state index in [2.05, 4.69) is 86.6 Å². The van der Waals surface area contributed by atoms with Crippen LogP contribution in [-0.4, -0.2) is 23.5 Å². The Labute approximate surface area is 132 Å². The molecule has 1 aromatic carbocycles. The molecule has 0 fully saturated rings. The topological polar surface area (TPSA) is 3.24 Å². The van der Waals surface area contributed by atoms with Crippen molar-refractivity contribution in [1.29, 1.82) is 0 Å². The minimum absolute atomic E-state index is 1.28. The summed E-state index contributed by atoms with van der Waals surface area (Å²) in [7, 11) is -1.18. The zero-order chi connectivity index (χ0) is 13.7. The van der Waals surface area contributed by atoms with Crippen molar-refractivity contribution in [2.24, 2.45) is 0 Å². The average molecular weight is 574 g/mol. The van der Waals surface area contributed by atoms with Crippen molar-refractivity contribution >= 4 is 69.5 Å². The van der Waals surface area contributed by atoms with Crippen LogP contribution in [0.1, 0.15) is 11.1 Å². The summed E-state index contributed by atoms with van der Waals surface area (Å²) in [6, 6.07) is 4.58. The maximum atomic E-state index is 3.98. The van der Waals surface area contributed by atoms with Crippen LogP contribution in [0.2, 0.25) is 0 Å². The fourth-order valence-electron chi connectivity index (χ4n) is 2.01. The molecule has 0 aliphatic carbocycles. The zero-order valence-electron chi connectivity index (χ0n) is 10.7. The molecule has 1 nitrogen and oxygen atoms in total. The molecule has 0 amide bonds. The van der Waals surface area contributed by atoms with E-state index in [1.165, 1.54) is 25.5 Å². The predicted molar refractivity (Wildman–Crippen MR) is 99.5 cm³/mol. The molecule has 1 aliphatic rings. The van der Waals surface area contributed by atoms with Gasteiger partial charge in [0, 0.05) is 0 Å². The minimum atomic E-state index is -3.32. The first-order valence-electron chi connectivity index (χ1n) is 5.44. The van der Waals surface area contributed by atoms with Gasteiger partial charge in [0.1, 0.15) is 0 Å². The van der Waals surface area contributed by atoms with Crippen LogP contribution in [0.3, 0.4) is 0 Å². The predicted octanol–water partition coefficient (Wildman–Crippen LogP) is 4.51. The van der Waals surface area contributed by atoms with Crippen LogP contribution in [0.25, 0.3) is 0 Å². The summed E-state index contributed by atoms with van der Waals surface area (Å²) in [4.78, 5) is 2.27. The van der Waals surface area contributed by atoms with Crippen molar-refractivity contribution in [1.82, 2.24) is 0 Å². The molecule has 0 atom stereocenters. The summed E-state index contributed by atoms with van der Waals surface area (Å²) in [5.74, 6) is 0. The Hall–Kier alpha value is 1.34. The molecule has 102 valence electrons. The van der Waals surface area contributed by atoms with Gasteiger partial charge in [-0.2, -0.15) is 0 Å². The average Bonchev–Trinajstić information content (AvgIpc) is 2.26. The van der Waals surface area contributed by atoms with Gasteiger partial charge in [0.05, 0.1) is 0 Å². The van der Waals surface area contributed by atoms with E-state index in [0.717, 1.165) is 0 Å². The first-order valence-corrected chi connectivity index (χ1v) is 26.6. The maximum absolute atomic E-state index is 3.98. The summed E-state index contributed by atoms with van der Waals surface area (Å²) in [5, 5.41) is 1.28. The molecule has 1 aliphatic heterocycles. The van der Waals surface area contributed by atoms with Crippen molar-refractivity contribution in [2.75, 3.05) is 18.2 Å². The number of fused-ring (bicyclic) bond motifs is 1. The van der Waals surface area contributed by atoms with Gasteiger partial charge in [-0.3, -0.25) is 0 Å². The second kappa shape index (κ2) is 4.96. The summed E-state index contributed by atoms with van der Waals surface area (Å²) in [6.07, 6.45) is 2.12. The standard InChI is InChI=1S/C12H16Br3NSTe/c1-8-5-10-11(6-9(8)2)18(13,14,15)7-12(17-4)16(10)3/h5-7,18H,1-4H3. The van der Waals surface area contributed by atoms with Crippen molar-refractivity contribution in [2.45, 2.75) is 13.8 Å². The van der Waals surface area contributed by atoms with E-state index in [4.69, 9.17) is 0 Å². The van der Waals surface area contributed by atoms with E-state index in [0.29, 0.717) is 0 Å². The third kappa shape index (κ3) is 2.71. The molecule has 18 heavy (non-hydrogen) atoms. The van der Waals surface area contributed by atoms with Gasteiger partial charge in [-0.1, -0.05) is 0 Å². The van der Waals surface area contributed by atoms with Crippen LogP contribution in [0.5, 0.6) is 0 Å². The van der Waals surface area contributed by atoms with Gasteiger partial charge in [-0.15, -0.1) is 0 Å². The second-order valence-corrected chi connectivity index (χ2v) is 61.2. The fraction of sp³-hybridized carbons (Fsp3) is 0.333. The first-order chi connectivity index (χ1) is 8.14. The van der Waals surface area contributed by atoms with Gasteiger partial charge in [0.2, 0.25) is 0 Å². The molecule has 0 bridgehead atoms. The molecule has 1 heterocycles. The summed E-state index contributed by atoms with van der Waals surface area (Å²) in [5.41, 5.74) is 3.96. The fourth-order valence-corrected chi connectivity index (χ4v) is 22.0. The van der Waals surface area contributed by atoms with Crippen molar-refractivity contribution in [3.63, 3.8) is 0 Å². The van der Waals surface area contributed by atoms with E-state index < -0.39 is 10.2 Å². The molecule has 0 radical (unpaired) electrons. The number of hydrogen-bond acceptors (Lipinski definition) is 2. The molecule has 0 saturated heterocycles. The van der Waals surface area contributed by atoms with Crippen molar-refractivity contribution in [3.05, 3.63) is 32.4 Å². The van der Waals surface area contributed by atoms with Gasteiger partial charge in [-0.25, -0.2) is 0 Å². The zero-order valence-corrected chi connectivity index (χ0v) is 18.8. The number of rotatable bonds is 1. The number of aryl methyl sites for hydroxylation is 2. The molecule has 6 heteroatoms. The molecular weight excluding hydrogens is 558 g/mol. The molecule has 0 N–H and O–H groups in total. The van der Waals surface area contributed by atoms with E-state index in [9.17, 15) is 0 Å². The molecule has 1 aromatic rings. The van der Waals surface area contributed by atoms with Gasteiger partial charge >= 0.3 is 134 Å². The third-order valence-electron chi connectivity index (χ3n) is 3.23. The Balaban J connectivity index is 2.78. The van der Waals surface area contributed by atoms with Crippen LogP contribution in [0.4, 0.5) is 5.69 Å². The Morgan fingerprint density at radius 1 is 1.11 bits per heavy atom. The number of halogens is 3. The molecule has 0 unspecified atom stereocenters. The first kappa shape index (κ1) is 15.7. The van der Waals surface area contributed by atoms with Crippen LogP contribution in [0.15, 0.2) is 21.3 Å². The number of hydrogen-bond donors (Lipinski definition) is 0. The van der Waals surface area contributed by atoms with Gasteiger partial charge in [-0.05, 0) is 0 Å². The summed E-state index contributed by atoms with van der Waals surface area (Å²) in [6.45, 7) is 4.33. The van der Waals surface area contributed by atoms with Crippen LogP contribution in [-0.2, 0) is 0 Å². The normalized spacial score (nSPS) is 22.7. The van der Waals surface area contributed by atoms with Crippen LogP contribution in [0, 0.1) is 13.8 Å². The molecule has 2 rings (SSSR count). The second-order valence-electron chi connectivity index (χ2n) is 4.52. The Morgan fingerprint density at radius 3 is 2.22 bits per heavy atom. The Morgan fingerprint density at radius 2 is 1.67 bits per heavy atom. The summed E-state index contributed by atoms with van der Waals surface area (Å²) < 4.78 is 3.71.